The monoisotopic (exact) mass is 245 g/mol. The maximum absolute atomic E-state index is 12.5. The first kappa shape index (κ1) is 12.6. The van der Waals surface area contributed by atoms with Crippen molar-refractivity contribution in [2.24, 2.45) is 16.5 Å². The van der Waals surface area contributed by atoms with Crippen LogP contribution in [0.5, 0.6) is 5.75 Å². The highest BCUT2D eigenvalue weighted by Gasteiger charge is 2.13. The summed E-state index contributed by atoms with van der Waals surface area (Å²) in [7, 11) is 0. The van der Waals surface area contributed by atoms with E-state index < -0.39 is 6.10 Å². The van der Waals surface area contributed by atoms with Crippen molar-refractivity contribution in [1.29, 1.82) is 0 Å². The van der Waals surface area contributed by atoms with Gasteiger partial charge in [-0.3, -0.25) is 4.99 Å². The molecule has 88 valence electrons. The normalized spacial score (nSPS) is 12.1. The van der Waals surface area contributed by atoms with E-state index in [1.54, 1.807) is 0 Å². The molecule has 0 aliphatic rings. The maximum atomic E-state index is 12.5. The van der Waals surface area contributed by atoms with Gasteiger partial charge in [0, 0.05) is 10.5 Å². The molecule has 1 aromatic carbocycles. The number of nitrogens with two attached hydrogens (primary N) is 2. The molecule has 1 rings (SSSR count). The van der Waals surface area contributed by atoms with Crippen molar-refractivity contribution in [3.05, 3.63) is 23.8 Å². The highest BCUT2D eigenvalue weighted by molar-refractivity contribution is 7.94. The Kier molecular flexibility index (Phi) is 4.39. The van der Waals surface area contributed by atoms with Gasteiger partial charge in [-0.15, -0.1) is 0 Å². The zero-order valence-corrected chi connectivity index (χ0v) is 9.12. The van der Waals surface area contributed by atoms with Crippen LogP contribution in [0.3, 0.4) is 0 Å². The van der Waals surface area contributed by atoms with Gasteiger partial charge >= 0.3 is 0 Å². The van der Waals surface area contributed by atoms with Crippen LogP contribution in [0.25, 0.3) is 0 Å². The Balaban J connectivity index is 2.92. The second-order valence-electron chi connectivity index (χ2n) is 3.08. The van der Waals surface area contributed by atoms with Crippen LogP contribution >= 0.6 is 12.1 Å². The quantitative estimate of drug-likeness (QED) is 0.461. The molecular formula is C9H12FN3O2S. The Morgan fingerprint density at radius 1 is 1.50 bits per heavy atom. The zero-order chi connectivity index (χ0) is 12.1. The standard InChI is InChI=1S/C9H12FN3O2S/c10-16-8-2-1-5(14)3-6(8)7(15)4-13-9(11)12/h1-3,7,14-15H,4H2,(H4,11,12,13)/t7-/m0/s1. The van der Waals surface area contributed by atoms with E-state index in [-0.39, 0.29) is 40.9 Å². The van der Waals surface area contributed by atoms with Crippen LogP contribution in [0, 0.1) is 0 Å². The molecule has 0 fully saturated rings. The largest absolute Gasteiger partial charge is 0.508 e. The number of benzene rings is 1. The fourth-order valence-electron chi connectivity index (χ4n) is 1.16. The molecule has 0 aliphatic carbocycles. The summed E-state index contributed by atoms with van der Waals surface area (Å²) in [5.74, 6) is -0.217. The number of aliphatic imine (C=N–C) groups is 1. The van der Waals surface area contributed by atoms with Gasteiger partial charge in [-0.1, -0.05) is 0 Å². The predicted molar refractivity (Wildman–Crippen MR) is 60.7 cm³/mol. The minimum absolute atomic E-state index is 0.0154. The molecule has 0 unspecified atom stereocenters. The molecule has 0 spiro atoms. The van der Waals surface area contributed by atoms with Crippen LogP contribution in [0.1, 0.15) is 11.7 Å². The van der Waals surface area contributed by atoms with Gasteiger partial charge in [0.1, 0.15) is 5.75 Å². The van der Waals surface area contributed by atoms with Gasteiger partial charge < -0.3 is 21.7 Å². The molecule has 0 saturated carbocycles. The summed E-state index contributed by atoms with van der Waals surface area (Å²) in [5.41, 5.74) is 10.5. The number of phenols is 1. The summed E-state index contributed by atoms with van der Waals surface area (Å²) in [5, 5.41) is 18.9. The molecule has 0 saturated heterocycles. The lowest BCUT2D eigenvalue weighted by Crippen LogP contribution is -2.23. The first-order chi connectivity index (χ1) is 7.54. The summed E-state index contributed by atoms with van der Waals surface area (Å²) in [6.07, 6.45) is -1.06. The van der Waals surface area contributed by atoms with E-state index in [0.29, 0.717) is 0 Å². The van der Waals surface area contributed by atoms with Crippen molar-refractivity contribution >= 4 is 18.1 Å². The number of aliphatic hydroxyl groups is 1. The van der Waals surface area contributed by atoms with Crippen LogP contribution in [0.2, 0.25) is 0 Å². The first-order valence-electron chi connectivity index (χ1n) is 4.39. The SMILES string of the molecule is NC(N)=NC[C@H](O)c1cc(O)ccc1SF. The van der Waals surface area contributed by atoms with Gasteiger partial charge in [-0.2, -0.15) is 3.89 Å². The Bertz CT molecular complexity index is 396. The first-order valence-corrected chi connectivity index (χ1v) is 5.11. The Hall–Kier alpha value is -1.47. The van der Waals surface area contributed by atoms with E-state index in [1.807, 2.05) is 0 Å². The van der Waals surface area contributed by atoms with Crippen molar-refractivity contribution in [1.82, 2.24) is 0 Å². The second-order valence-corrected chi connectivity index (χ2v) is 3.67. The number of hydrogen-bond acceptors (Lipinski definition) is 4. The van der Waals surface area contributed by atoms with Crippen LogP contribution in [-0.2, 0) is 0 Å². The van der Waals surface area contributed by atoms with Crippen LogP contribution in [0.4, 0.5) is 3.89 Å². The van der Waals surface area contributed by atoms with Gasteiger partial charge in [-0.25, -0.2) is 0 Å². The molecule has 1 aromatic rings. The molecule has 0 radical (unpaired) electrons. The van der Waals surface area contributed by atoms with Gasteiger partial charge in [0.05, 0.1) is 24.8 Å². The fraction of sp³-hybridized carbons (Fsp3) is 0.222. The number of rotatable bonds is 4. The van der Waals surface area contributed by atoms with E-state index in [2.05, 4.69) is 4.99 Å². The van der Waals surface area contributed by atoms with E-state index in [0.717, 1.165) is 0 Å². The molecule has 16 heavy (non-hydrogen) atoms. The summed E-state index contributed by atoms with van der Waals surface area (Å²) >= 11 is -0.0154. The third-order valence-electron chi connectivity index (χ3n) is 1.88. The maximum Gasteiger partial charge on any atom is 0.186 e. The summed E-state index contributed by atoms with van der Waals surface area (Å²) in [6.45, 7) is -0.0840. The van der Waals surface area contributed by atoms with Crippen molar-refractivity contribution in [3.63, 3.8) is 0 Å². The predicted octanol–water partition coefficient (Wildman–Crippen LogP) is 0.676. The number of hydrogen-bond donors (Lipinski definition) is 4. The van der Waals surface area contributed by atoms with Gasteiger partial charge in [0.15, 0.2) is 5.96 Å². The molecule has 0 aliphatic heterocycles. The van der Waals surface area contributed by atoms with E-state index in [9.17, 15) is 14.1 Å². The van der Waals surface area contributed by atoms with Gasteiger partial charge in [-0.05, 0) is 18.2 Å². The Morgan fingerprint density at radius 2 is 2.19 bits per heavy atom. The molecule has 1 atom stereocenters. The Labute approximate surface area is 96.3 Å². The number of nitrogens with zero attached hydrogens (tertiary/aromatic N) is 1. The molecular weight excluding hydrogens is 233 g/mol. The third kappa shape index (κ3) is 3.28. The van der Waals surface area contributed by atoms with Crippen molar-refractivity contribution in [2.45, 2.75) is 11.0 Å². The minimum atomic E-state index is -1.06. The Morgan fingerprint density at radius 3 is 2.75 bits per heavy atom. The average Bonchev–Trinajstić information content (AvgIpc) is 2.25. The third-order valence-corrected chi connectivity index (χ3v) is 2.42. The van der Waals surface area contributed by atoms with Crippen LogP contribution in [0.15, 0.2) is 28.1 Å². The number of halogens is 1. The molecule has 0 heterocycles. The van der Waals surface area contributed by atoms with Crippen molar-refractivity contribution < 1.29 is 14.1 Å². The molecule has 5 nitrogen and oxygen atoms in total. The number of phenolic OH excluding ortho intramolecular Hbond substituents is 1. The number of aromatic hydroxyl groups is 1. The van der Waals surface area contributed by atoms with Crippen LogP contribution in [-0.4, -0.2) is 22.7 Å². The summed E-state index contributed by atoms with van der Waals surface area (Å²) in [4.78, 5) is 3.83. The minimum Gasteiger partial charge on any atom is -0.508 e. The number of guanidine groups is 1. The zero-order valence-electron chi connectivity index (χ0n) is 8.30. The smallest absolute Gasteiger partial charge is 0.186 e. The molecule has 0 bridgehead atoms. The lowest BCUT2D eigenvalue weighted by molar-refractivity contribution is 0.184. The molecule has 6 N–H and O–H groups in total. The van der Waals surface area contributed by atoms with E-state index in [1.165, 1.54) is 18.2 Å². The second kappa shape index (κ2) is 5.57. The lowest BCUT2D eigenvalue weighted by Gasteiger charge is -2.11. The summed E-state index contributed by atoms with van der Waals surface area (Å²) < 4.78 is 12.5. The molecule has 7 heteroatoms. The topological polar surface area (TPSA) is 105 Å². The molecule has 0 aromatic heterocycles. The lowest BCUT2D eigenvalue weighted by atomic mass is 10.1. The van der Waals surface area contributed by atoms with Crippen molar-refractivity contribution in [3.8, 4) is 5.75 Å². The molecule has 0 amide bonds. The summed E-state index contributed by atoms with van der Waals surface area (Å²) in [6, 6.07) is 3.97. The average molecular weight is 245 g/mol. The van der Waals surface area contributed by atoms with Gasteiger partial charge in [0.25, 0.3) is 0 Å². The fourth-order valence-corrected chi connectivity index (χ4v) is 1.56. The highest BCUT2D eigenvalue weighted by Crippen LogP contribution is 2.31. The van der Waals surface area contributed by atoms with Crippen molar-refractivity contribution in [2.75, 3.05) is 6.54 Å². The van der Waals surface area contributed by atoms with E-state index in [4.69, 9.17) is 11.5 Å². The van der Waals surface area contributed by atoms with Gasteiger partial charge in [0.2, 0.25) is 0 Å². The van der Waals surface area contributed by atoms with Crippen LogP contribution < -0.4 is 11.5 Å². The van der Waals surface area contributed by atoms with E-state index >= 15 is 0 Å². The highest BCUT2D eigenvalue weighted by atomic mass is 32.2. The number of aliphatic hydroxyl groups excluding tert-OH is 1.